The largest absolute Gasteiger partial charge is 0.330 e. The molecule has 1 atom stereocenters. The van der Waals surface area contributed by atoms with Crippen molar-refractivity contribution in [1.29, 1.82) is 0 Å². The molecule has 0 saturated heterocycles. The topological polar surface area (TPSA) is 43.1 Å². The molecule has 0 aromatic carbocycles. The van der Waals surface area contributed by atoms with Crippen LogP contribution in [0.15, 0.2) is 0 Å². The minimum absolute atomic E-state index is 0.165. The average molecular weight is 149 g/mol. The van der Waals surface area contributed by atoms with Gasteiger partial charge in [-0.05, 0) is 25.3 Å². The lowest BCUT2D eigenvalue weighted by Gasteiger charge is -2.10. The first-order valence-electron chi connectivity index (χ1n) is 3.91. The zero-order valence-electron chi connectivity index (χ0n) is 6.75. The molecule has 0 saturated carbocycles. The van der Waals surface area contributed by atoms with E-state index in [1.807, 2.05) is 0 Å². The summed E-state index contributed by atoms with van der Waals surface area (Å²) in [5.74, 6) is -0.165. The van der Waals surface area contributed by atoms with Crippen LogP contribution in [0, 0.1) is 5.92 Å². The molecule has 0 aromatic heterocycles. The molecule has 0 spiro atoms. The standard InChI is InChI=1S/C7H13B2NO/c8-5-6(7(9)11)3-1-2-4-10/h6H,1-5,10H2/t6-/m1/s1. The van der Waals surface area contributed by atoms with Crippen molar-refractivity contribution in [3.8, 4) is 0 Å². The van der Waals surface area contributed by atoms with Crippen LogP contribution < -0.4 is 5.73 Å². The SMILES string of the molecule is [B]C[C@@H](CCCCN)C([B])=O. The van der Waals surface area contributed by atoms with Crippen LogP contribution in [0.4, 0.5) is 0 Å². The maximum atomic E-state index is 10.6. The van der Waals surface area contributed by atoms with Crippen molar-refractivity contribution in [1.82, 2.24) is 0 Å². The molecule has 11 heavy (non-hydrogen) atoms. The van der Waals surface area contributed by atoms with Crippen LogP contribution in [0.3, 0.4) is 0 Å². The van der Waals surface area contributed by atoms with E-state index in [2.05, 4.69) is 0 Å². The van der Waals surface area contributed by atoms with Crippen molar-refractivity contribution in [2.75, 3.05) is 6.54 Å². The van der Waals surface area contributed by atoms with Crippen molar-refractivity contribution >= 4 is 21.4 Å². The monoisotopic (exact) mass is 149 g/mol. The van der Waals surface area contributed by atoms with E-state index in [-0.39, 0.29) is 11.6 Å². The van der Waals surface area contributed by atoms with Gasteiger partial charge in [-0.1, -0.05) is 12.7 Å². The normalized spacial score (nSPS) is 12.8. The fraction of sp³-hybridized carbons (Fsp3) is 0.857. The number of hydrogen-bond donors (Lipinski definition) is 1. The lowest BCUT2D eigenvalue weighted by atomic mass is 9.78. The first kappa shape index (κ1) is 10.8. The first-order valence-corrected chi connectivity index (χ1v) is 3.91. The highest BCUT2D eigenvalue weighted by molar-refractivity contribution is 6.58. The molecule has 4 radical (unpaired) electrons. The second-order valence-corrected chi connectivity index (χ2v) is 2.62. The van der Waals surface area contributed by atoms with Gasteiger partial charge in [0.2, 0.25) is 0 Å². The van der Waals surface area contributed by atoms with Crippen molar-refractivity contribution in [2.45, 2.75) is 25.6 Å². The molecule has 58 valence electrons. The van der Waals surface area contributed by atoms with Gasteiger partial charge >= 0.3 is 0 Å². The number of unbranched alkanes of at least 4 members (excludes halogenated alkanes) is 1. The van der Waals surface area contributed by atoms with E-state index < -0.39 is 0 Å². The molecule has 0 fully saturated rings. The molecule has 0 aliphatic heterocycles. The molecule has 0 bridgehead atoms. The van der Waals surface area contributed by atoms with E-state index in [1.165, 1.54) is 0 Å². The highest BCUT2D eigenvalue weighted by Crippen LogP contribution is 2.11. The Labute approximate surface area is 70.7 Å². The summed E-state index contributed by atoms with van der Waals surface area (Å²) in [6.07, 6.45) is 2.98. The predicted octanol–water partition coefficient (Wildman–Crippen LogP) is 0.0135. The van der Waals surface area contributed by atoms with E-state index in [0.717, 1.165) is 19.3 Å². The van der Waals surface area contributed by atoms with Gasteiger partial charge in [0.1, 0.15) is 0 Å². The van der Waals surface area contributed by atoms with E-state index >= 15 is 0 Å². The van der Waals surface area contributed by atoms with Crippen molar-refractivity contribution in [3.05, 3.63) is 0 Å². The van der Waals surface area contributed by atoms with Gasteiger partial charge in [0.05, 0.1) is 13.5 Å². The van der Waals surface area contributed by atoms with Gasteiger partial charge in [-0.15, -0.1) is 0 Å². The highest BCUT2D eigenvalue weighted by atomic mass is 16.1. The summed E-state index contributed by atoms with van der Waals surface area (Å²) in [4.78, 5) is 10.6. The summed E-state index contributed by atoms with van der Waals surface area (Å²) in [5.41, 5.74) is 4.98. The van der Waals surface area contributed by atoms with Crippen LogP contribution in [0.25, 0.3) is 0 Å². The van der Waals surface area contributed by atoms with Crippen molar-refractivity contribution in [3.63, 3.8) is 0 Å². The number of carbonyl (C=O) groups is 1. The van der Waals surface area contributed by atoms with Gasteiger partial charge < -0.3 is 10.5 Å². The first-order chi connectivity index (χ1) is 5.22. The Balaban J connectivity index is 3.44. The minimum atomic E-state index is -0.301. The second kappa shape index (κ2) is 6.47. The summed E-state index contributed by atoms with van der Waals surface area (Å²) in [6, 6.07) is 0. The van der Waals surface area contributed by atoms with E-state index in [9.17, 15) is 4.79 Å². The molecule has 2 N–H and O–H groups in total. The highest BCUT2D eigenvalue weighted by Gasteiger charge is 2.08. The van der Waals surface area contributed by atoms with Gasteiger partial charge in [0.15, 0.2) is 7.85 Å². The molecule has 0 aliphatic rings. The van der Waals surface area contributed by atoms with Crippen LogP contribution >= 0.6 is 0 Å². The smallest absolute Gasteiger partial charge is 0.168 e. The van der Waals surface area contributed by atoms with Gasteiger partial charge in [0.25, 0.3) is 0 Å². The minimum Gasteiger partial charge on any atom is -0.330 e. The van der Waals surface area contributed by atoms with Gasteiger partial charge in [-0.2, -0.15) is 0 Å². The third-order valence-corrected chi connectivity index (χ3v) is 1.69. The fourth-order valence-corrected chi connectivity index (χ4v) is 0.911. The second-order valence-electron chi connectivity index (χ2n) is 2.62. The molecule has 0 amide bonds. The predicted molar refractivity (Wildman–Crippen MR) is 47.7 cm³/mol. The summed E-state index contributed by atoms with van der Waals surface area (Å²) in [6.45, 7) is 0.663. The lowest BCUT2D eigenvalue weighted by molar-refractivity contribution is -0.114. The molecule has 0 heterocycles. The fourth-order valence-electron chi connectivity index (χ4n) is 0.911. The Morgan fingerprint density at radius 2 is 2.09 bits per heavy atom. The van der Waals surface area contributed by atoms with Crippen molar-refractivity contribution < 1.29 is 4.79 Å². The zero-order chi connectivity index (χ0) is 8.69. The van der Waals surface area contributed by atoms with Crippen LogP contribution in [0.5, 0.6) is 0 Å². The zero-order valence-corrected chi connectivity index (χ0v) is 6.75. The Morgan fingerprint density at radius 3 is 2.45 bits per heavy atom. The van der Waals surface area contributed by atoms with E-state index in [1.54, 1.807) is 0 Å². The summed E-state index contributed by atoms with van der Waals surface area (Å²) >= 11 is 0. The summed E-state index contributed by atoms with van der Waals surface area (Å²) in [7, 11) is 10.4. The number of nitrogens with two attached hydrogens (primary N) is 1. The van der Waals surface area contributed by atoms with Gasteiger partial charge in [-0.3, -0.25) is 0 Å². The Hall–Kier alpha value is -0.240. The van der Waals surface area contributed by atoms with E-state index in [4.69, 9.17) is 21.4 Å². The molecule has 0 aromatic rings. The molecule has 4 heteroatoms. The maximum absolute atomic E-state index is 10.6. The maximum Gasteiger partial charge on any atom is 0.168 e. The van der Waals surface area contributed by atoms with Gasteiger partial charge in [0, 0.05) is 0 Å². The molecular weight excluding hydrogens is 136 g/mol. The summed E-state index contributed by atoms with van der Waals surface area (Å²) in [5, 5.41) is 0. The molecule has 0 unspecified atom stereocenters. The van der Waals surface area contributed by atoms with Crippen LogP contribution in [0.1, 0.15) is 19.3 Å². The van der Waals surface area contributed by atoms with Crippen LogP contribution in [-0.4, -0.2) is 27.9 Å². The van der Waals surface area contributed by atoms with Gasteiger partial charge in [-0.25, -0.2) is 0 Å². The molecule has 0 aliphatic carbocycles. The van der Waals surface area contributed by atoms with Crippen LogP contribution in [0.2, 0.25) is 6.32 Å². The Morgan fingerprint density at radius 1 is 1.45 bits per heavy atom. The Kier molecular flexibility index (Phi) is 6.33. The number of hydrogen-bond acceptors (Lipinski definition) is 2. The van der Waals surface area contributed by atoms with E-state index in [0.29, 0.717) is 12.9 Å². The van der Waals surface area contributed by atoms with Crippen molar-refractivity contribution in [2.24, 2.45) is 11.7 Å². The number of rotatable bonds is 6. The lowest BCUT2D eigenvalue weighted by Crippen LogP contribution is -2.14. The third kappa shape index (κ3) is 5.08. The molecule has 2 nitrogen and oxygen atoms in total. The average Bonchev–Trinajstić information content (AvgIpc) is 1.97. The third-order valence-electron chi connectivity index (χ3n) is 1.69. The number of carbonyl (C=O) groups excluding carboxylic acids is 1. The quantitative estimate of drug-likeness (QED) is 0.426. The summed E-state index contributed by atoms with van der Waals surface area (Å²) < 4.78 is 0. The molecular formula is C7H13B2NO. The van der Waals surface area contributed by atoms with Crippen LogP contribution in [-0.2, 0) is 4.79 Å². The Bertz CT molecular complexity index is 119. The molecule has 0 rings (SSSR count).